The molecule has 153 valence electrons. The van der Waals surface area contributed by atoms with Crippen LogP contribution in [0.25, 0.3) is 0 Å². The molecule has 1 radical (unpaired) electrons. The van der Waals surface area contributed by atoms with Gasteiger partial charge in [-0.1, -0.05) is 26.0 Å². The van der Waals surface area contributed by atoms with Crippen molar-refractivity contribution in [3.05, 3.63) is 48.9 Å². The summed E-state index contributed by atoms with van der Waals surface area (Å²) in [5.41, 5.74) is 2.11. The molecule has 6 nitrogen and oxygen atoms in total. The van der Waals surface area contributed by atoms with Crippen LogP contribution in [0.4, 0.5) is 5.69 Å². The molecule has 3 N–H and O–H groups in total. The molecule has 1 heterocycles. The highest BCUT2D eigenvalue weighted by Crippen LogP contribution is 2.09. The maximum atomic E-state index is 11.6. The van der Waals surface area contributed by atoms with Crippen LogP contribution in [0.5, 0.6) is 0 Å². The average Bonchev–Trinajstić information content (AvgIpc) is 2.98. The first-order valence-corrected chi connectivity index (χ1v) is 10.0. The van der Waals surface area contributed by atoms with Gasteiger partial charge in [0.05, 0.1) is 0 Å². The summed E-state index contributed by atoms with van der Waals surface area (Å²) in [6.07, 6.45) is 3.42. The van der Waals surface area contributed by atoms with Crippen LogP contribution in [0, 0.1) is 12.8 Å². The minimum Gasteiger partial charge on any atom is -0.383 e. The molecule has 0 fully saturated rings. The summed E-state index contributed by atoms with van der Waals surface area (Å²) in [6, 6.07) is 8.74. The summed E-state index contributed by atoms with van der Waals surface area (Å²) in [5, 5.41) is 10.6. The molecular weight excluding hydrogens is 352 g/mol. The number of carbonyl (C=O) groups is 2. The van der Waals surface area contributed by atoms with E-state index in [1.54, 1.807) is 0 Å². The highest BCUT2D eigenvalue weighted by atomic mass is 16.2. The van der Waals surface area contributed by atoms with Crippen LogP contribution < -0.4 is 16.0 Å². The molecule has 0 aliphatic carbocycles. The van der Waals surface area contributed by atoms with Crippen molar-refractivity contribution in [3.8, 4) is 0 Å². The standard InChI is InChI=1S/C22H33N4O2/c1-16(2)20(23-12-5-13-26-21(27)10-11-22(26)28)15-24-18(4)14-25-19-8-6-17(3)7-9-19/h6-11,16,18,20,23-25H,3,5,12-15H2,1-2,4H3/t18-,20+/m0/s1. The Bertz CT molecular complexity index is 652. The Labute approximate surface area is 168 Å². The van der Waals surface area contributed by atoms with Crippen LogP contribution in [0.2, 0.25) is 0 Å². The first-order chi connectivity index (χ1) is 13.4. The highest BCUT2D eigenvalue weighted by molar-refractivity contribution is 6.12. The Morgan fingerprint density at radius 1 is 0.964 bits per heavy atom. The SMILES string of the molecule is [CH2]c1ccc(NC[C@H](C)NC[C@@H](NCCCN2C(=O)C=CC2=O)C(C)C)cc1. The van der Waals surface area contributed by atoms with Crippen molar-refractivity contribution < 1.29 is 9.59 Å². The summed E-state index contributed by atoms with van der Waals surface area (Å²) >= 11 is 0. The van der Waals surface area contributed by atoms with E-state index in [-0.39, 0.29) is 11.8 Å². The van der Waals surface area contributed by atoms with Crippen LogP contribution in [-0.2, 0) is 9.59 Å². The van der Waals surface area contributed by atoms with Crippen molar-refractivity contribution in [2.45, 2.75) is 39.3 Å². The van der Waals surface area contributed by atoms with Gasteiger partial charge in [-0.15, -0.1) is 0 Å². The Morgan fingerprint density at radius 2 is 1.61 bits per heavy atom. The number of nitrogens with zero attached hydrogens (tertiary/aromatic N) is 1. The molecule has 2 rings (SSSR count). The number of imide groups is 1. The molecule has 0 bridgehead atoms. The number of anilines is 1. The third-order valence-electron chi connectivity index (χ3n) is 4.92. The third-order valence-corrected chi connectivity index (χ3v) is 4.92. The zero-order chi connectivity index (χ0) is 20.5. The average molecular weight is 386 g/mol. The van der Waals surface area contributed by atoms with Crippen molar-refractivity contribution in [1.29, 1.82) is 0 Å². The lowest BCUT2D eigenvalue weighted by Gasteiger charge is -2.26. The minimum absolute atomic E-state index is 0.210. The Hall–Kier alpha value is -2.18. The van der Waals surface area contributed by atoms with Gasteiger partial charge in [0.1, 0.15) is 0 Å². The molecular formula is C22H33N4O2. The topological polar surface area (TPSA) is 73.5 Å². The van der Waals surface area contributed by atoms with Crippen LogP contribution in [0.3, 0.4) is 0 Å². The fraction of sp³-hybridized carbons (Fsp3) is 0.500. The van der Waals surface area contributed by atoms with Gasteiger partial charge in [-0.05, 0) is 50.4 Å². The number of carbonyl (C=O) groups excluding carboxylic acids is 2. The summed E-state index contributed by atoms with van der Waals surface area (Å²) in [6.45, 7) is 13.4. The Balaban J connectivity index is 1.65. The fourth-order valence-electron chi connectivity index (χ4n) is 3.01. The molecule has 1 aromatic rings. The lowest BCUT2D eigenvalue weighted by Crippen LogP contribution is -2.47. The number of nitrogens with one attached hydrogen (secondary N) is 3. The van der Waals surface area contributed by atoms with Gasteiger partial charge in [0, 0.05) is 49.6 Å². The summed E-state index contributed by atoms with van der Waals surface area (Å²) < 4.78 is 0. The van der Waals surface area contributed by atoms with Gasteiger partial charge in [0.2, 0.25) is 0 Å². The fourth-order valence-corrected chi connectivity index (χ4v) is 3.01. The molecule has 28 heavy (non-hydrogen) atoms. The van der Waals surface area contributed by atoms with E-state index in [1.165, 1.54) is 17.1 Å². The zero-order valence-corrected chi connectivity index (χ0v) is 17.2. The van der Waals surface area contributed by atoms with Gasteiger partial charge >= 0.3 is 0 Å². The van der Waals surface area contributed by atoms with Crippen LogP contribution in [0.15, 0.2) is 36.4 Å². The molecule has 1 aliphatic heterocycles. The lowest BCUT2D eigenvalue weighted by atomic mass is 10.0. The quantitative estimate of drug-likeness (QED) is 0.380. The molecule has 0 unspecified atom stereocenters. The van der Waals surface area contributed by atoms with E-state index < -0.39 is 0 Å². The molecule has 0 saturated carbocycles. The molecule has 0 saturated heterocycles. The van der Waals surface area contributed by atoms with Gasteiger partial charge in [-0.3, -0.25) is 14.5 Å². The molecule has 1 aromatic carbocycles. The second-order valence-electron chi connectivity index (χ2n) is 7.71. The largest absolute Gasteiger partial charge is 0.383 e. The summed E-state index contributed by atoms with van der Waals surface area (Å²) in [4.78, 5) is 24.4. The van der Waals surface area contributed by atoms with Gasteiger partial charge < -0.3 is 16.0 Å². The van der Waals surface area contributed by atoms with E-state index in [1.807, 2.05) is 24.3 Å². The maximum Gasteiger partial charge on any atom is 0.253 e. The van der Waals surface area contributed by atoms with Crippen LogP contribution >= 0.6 is 0 Å². The molecule has 6 heteroatoms. The van der Waals surface area contributed by atoms with Crippen molar-refractivity contribution in [3.63, 3.8) is 0 Å². The number of rotatable bonds is 12. The third kappa shape index (κ3) is 7.09. The number of amides is 2. The molecule has 1 aliphatic rings. The molecule has 2 amide bonds. The van der Waals surface area contributed by atoms with Crippen molar-refractivity contribution in [2.24, 2.45) is 5.92 Å². The van der Waals surface area contributed by atoms with Gasteiger partial charge in [-0.25, -0.2) is 0 Å². The number of hydrogen-bond donors (Lipinski definition) is 3. The first kappa shape index (κ1) is 22.1. The minimum atomic E-state index is -0.210. The molecule has 0 aromatic heterocycles. The van der Waals surface area contributed by atoms with E-state index in [2.05, 4.69) is 43.6 Å². The summed E-state index contributed by atoms with van der Waals surface area (Å²) in [7, 11) is 0. The van der Waals surface area contributed by atoms with E-state index in [0.717, 1.165) is 37.3 Å². The van der Waals surface area contributed by atoms with Gasteiger partial charge in [0.25, 0.3) is 11.8 Å². The predicted molar refractivity (Wildman–Crippen MR) is 114 cm³/mol. The summed E-state index contributed by atoms with van der Waals surface area (Å²) in [5.74, 6) is 0.0606. The highest BCUT2D eigenvalue weighted by Gasteiger charge is 2.22. The van der Waals surface area contributed by atoms with E-state index in [9.17, 15) is 9.59 Å². The first-order valence-electron chi connectivity index (χ1n) is 10.0. The maximum absolute atomic E-state index is 11.6. The van der Waals surface area contributed by atoms with Crippen molar-refractivity contribution >= 4 is 17.5 Å². The van der Waals surface area contributed by atoms with Crippen LogP contribution in [-0.4, -0.2) is 55.0 Å². The number of benzene rings is 1. The number of hydrogen-bond acceptors (Lipinski definition) is 5. The smallest absolute Gasteiger partial charge is 0.253 e. The Kier molecular flexibility index (Phi) is 8.67. The molecule has 0 spiro atoms. The molecule has 2 atom stereocenters. The second-order valence-corrected chi connectivity index (χ2v) is 7.71. The van der Waals surface area contributed by atoms with Gasteiger partial charge in [-0.2, -0.15) is 0 Å². The van der Waals surface area contributed by atoms with E-state index in [4.69, 9.17) is 0 Å². The normalized spacial score (nSPS) is 16.1. The monoisotopic (exact) mass is 385 g/mol. The predicted octanol–water partition coefficient (Wildman–Crippen LogP) is 2.19. The second kappa shape index (κ2) is 11.0. The van der Waals surface area contributed by atoms with E-state index in [0.29, 0.717) is 24.5 Å². The van der Waals surface area contributed by atoms with Crippen molar-refractivity contribution in [1.82, 2.24) is 15.5 Å². The van der Waals surface area contributed by atoms with Crippen molar-refractivity contribution in [2.75, 3.05) is 31.5 Å². The Morgan fingerprint density at radius 3 is 2.21 bits per heavy atom. The lowest BCUT2D eigenvalue weighted by molar-refractivity contribution is -0.136. The van der Waals surface area contributed by atoms with Gasteiger partial charge in [0.15, 0.2) is 0 Å². The van der Waals surface area contributed by atoms with Crippen LogP contribution in [0.1, 0.15) is 32.8 Å². The van der Waals surface area contributed by atoms with E-state index >= 15 is 0 Å². The zero-order valence-electron chi connectivity index (χ0n) is 17.2.